The predicted octanol–water partition coefficient (Wildman–Crippen LogP) is 3.84. The highest BCUT2D eigenvalue weighted by Crippen LogP contribution is 2.25. The van der Waals surface area contributed by atoms with E-state index in [2.05, 4.69) is 18.7 Å². The number of hydrogen-bond donors (Lipinski definition) is 0. The molecule has 3 heteroatoms. The maximum Gasteiger partial charge on any atom is 0.0441 e. The Morgan fingerprint density at radius 3 is 1.85 bits per heavy atom. The summed E-state index contributed by atoms with van der Waals surface area (Å²) in [6.07, 6.45) is 0. The maximum atomic E-state index is 5.90. The van der Waals surface area contributed by atoms with Gasteiger partial charge in [-0.1, -0.05) is 23.2 Å². The van der Waals surface area contributed by atoms with Gasteiger partial charge in [-0.2, -0.15) is 0 Å². The van der Waals surface area contributed by atoms with Gasteiger partial charge in [0.1, 0.15) is 0 Å². The van der Waals surface area contributed by atoms with Gasteiger partial charge in [0.15, 0.2) is 0 Å². The van der Waals surface area contributed by atoms with Crippen molar-refractivity contribution in [1.82, 2.24) is 0 Å². The molecule has 0 aliphatic carbocycles. The lowest BCUT2D eigenvalue weighted by Gasteiger charge is -2.21. The van der Waals surface area contributed by atoms with E-state index < -0.39 is 0 Å². The van der Waals surface area contributed by atoms with Crippen molar-refractivity contribution in [1.29, 1.82) is 0 Å². The maximum absolute atomic E-state index is 5.90. The van der Waals surface area contributed by atoms with Crippen LogP contribution >= 0.6 is 23.2 Å². The Labute approximate surface area is 89.3 Å². The third kappa shape index (κ3) is 2.78. The lowest BCUT2D eigenvalue weighted by Crippen LogP contribution is -2.21. The highest BCUT2D eigenvalue weighted by atomic mass is 35.5. The van der Waals surface area contributed by atoms with Crippen molar-refractivity contribution in [3.8, 4) is 0 Å². The zero-order chi connectivity index (χ0) is 9.84. The minimum absolute atomic E-state index is 0.689. The summed E-state index contributed by atoms with van der Waals surface area (Å²) >= 11 is 11.8. The van der Waals surface area contributed by atoms with Crippen LogP contribution in [-0.4, -0.2) is 13.1 Å². The van der Waals surface area contributed by atoms with E-state index in [1.165, 1.54) is 0 Å². The Morgan fingerprint density at radius 2 is 1.46 bits per heavy atom. The number of nitrogens with zero attached hydrogens (tertiary/aromatic N) is 1. The molecule has 0 saturated carbocycles. The van der Waals surface area contributed by atoms with Crippen LogP contribution in [0, 0.1) is 0 Å². The van der Waals surface area contributed by atoms with Crippen molar-refractivity contribution in [3.63, 3.8) is 0 Å². The molecule has 0 aliphatic rings. The molecule has 0 aromatic heterocycles. The van der Waals surface area contributed by atoms with Gasteiger partial charge in [-0.15, -0.1) is 0 Å². The Morgan fingerprint density at radius 1 is 1.00 bits per heavy atom. The molecule has 0 unspecified atom stereocenters. The molecule has 0 atom stereocenters. The fourth-order valence-electron chi connectivity index (χ4n) is 1.31. The van der Waals surface area contributed by atoms with Crippen LogP contribution in [0.2, 0.25) is 10.0 Å². The molecule has 0 N–H and O–H groups in total. The quantitative estimate of drug-likeness (QED) is 0.744. The van der Waals surface area contributed by atoms with Gasteiger partial charge in [0.05, 0.1) is 0 Å². The monoisotopic (exact) mass is 217 g/mol. The molecular weight excluding hydrogens is 205 g/mol. The van der Waals surface area contributed by atoms with E-state index in [0.29, 0.717) is 10.0 Å². The lowest BCUT2D eigenvalue weighted by molar-refractivity contribution is 0.866. The van der Waals surface area contributed by atoms with Crippen LogP contribution < -0.4 is 4.90 Å². The minimum Gasteiger partial charge on any atom is -0.372 e. The molecule has 0 amide bonds. The van der Waals surface area contributed by atoms with Crippen molar-refractivity contribution in [2.75, 3.05) is 18.0 Å². The number of anilines is 1. The van der Waals surface area contributed by atoms with Crippen molar-refractivity contribution < 1.29 is 0 Å². The van der Waals surface area contributed by atoms with Crippen LogP contribution in [0.4, 0.5) is 5.69 Å². The predicted molar refractivity (Wildman–Crippen MR) is 60.0 cm³/mol. The highest BCUT2D eigenvalue weighted by molar-refractivity contribution is 6.35. The molecule has 0 heterocycles. The third-order valence-corrected chi connectivity index (χ3v) is 2.41. The zero-order valence-corrected chi connectivity index (χ0v) is 9.36. The summed E-state index contributed by atoms with van der Waals surface area (Å²) in [6, 6.07) is 5.61. The van der Waals surface area contributed by atoms with E-state index in [4.69, 9.17) is 23.2 Å². The van der Waals surface area contributed by atoms with Gasteiger partial charge in [0.2, 0.25) is 0 Å². The molecule has 1 aromatic carbocycles. The van der Waals surface area contributed by atoms with Crippen molar-refractivity contribution in [2.45, 2.75) is 13.8 Å². The molecule has 0 spiro atoms. The second kappa shape index (κ2) is 4.73. The van der Waals surface area contributed by atoms with Gasteiger partial charge in [0, 0.05) is 28.8 Å². The minimum atomic E-state index is 0.689. The van der Waals surface area contributed by atoms with E-state index in [1.807, 2.05) is 12.1 Å². The first-order valence-corrected chi connectivity index (χ1v) is 5.14. The van der Waals surface area contributed by atoms with E-state index in [0.717, 1.165) is 18.8 Å². The molecule has 13 heavy (non-hydrogen) atoms. The Kier molecular flexibility index (Phi) is 3.89. The average Bonchev–Trinajstić information content (AvgIpc) is 2.04. The van der Waals surface area contributed by atoms with Crippen molar-refractivity contribution in [3.05, 3.63) is 28.2 Å². The van der Waals surface area contributed by atoms with Gasteiger partial charge < -0.3 is 4.90 Å². The number of hydrogen-bond acceptors (Lipinski definition) is 1. The Bertz CT molecular complexity index is 262. The van der Waals surface area contributed by atoms with E-state index in [9.17, 15) is 0 Å². The molecule has 1 nitrogen and oxygen atoms in total. The summed E-state index contributed by atoms with van der Waals surface area (Å²) in [4.78, 5) is 2.21. The molecule has 0 fully saturated rings. The molecule has 1 aromatic rings. The largest absolute Gasteiger partial charge is 0.372 e. The fraction of sp³-hybridized carbons (Fsp3) is 0.400. The van der Waals surface area contributed by atoms with Gasteiger partial charge in [0.25, 0.3) is 0 Å². The SMILES string of the molecule is CCN(CC)c1cc(Cl)cc(Cl)c1. The smallest absolute Gasteiger partial charge is 0.0441 e. The van der Waals surface area contributed by atoms with E-state index in [1.54, 1.807) is 6.07 Å². The number of benzene rings is 1. The van der Waals surface area contributed by atoms with Crippen LogP contribution in [0.25, 0.3) is 0 Å². The van der Waals surface area contributed by atoms with Gasteiger partial charge in [-0.3, -0.25) is 0 Å². The lowest BCUT2D eigenvalue weighted by atomic mass is 10.3. The molecule has 1 rings (SSSR count). The summed E-state index contributed by atoms with van der Waals surface area (Å²) in [5.41, 5.74) is 1.09. The Balaban J connectivity index is 2.99. The van der Waals surface area contributed by atoms with Gasteiger partial charge >= 0.3 is 0 Å². The van der Waals surface area contributed by atoms with Crippen LogP contribution in [0.5, 0.6) is 0 Å². The molecule has 72 valence electrons. The normalized spacial score (nSPS) is 10.2. The fourth-order valence-corrected chi connectivity index (χ4v) is 1.83. The third-order valence-electron chi connectivity index (χ3n) is 1.98. The summed E-state index contributed by atoms with van der Waals surface area (Å²) in [5, 5.41) is 1.38. The number of halogens is 2. The highest BCUT2D eigenvalue weighted by Gasteiger charge is 2.03. The summed E-state index contributed by atoms with van der Waals surface area (Å²) in [5.74, 6) is 0. The van der Waals surface area contributed by atoms with Gasteiger partial charge in [-0.25, -0.2) is 0 Å². The molecule has 0 bridgehead atoms. The van der Waals surface area contributed by atoms with Crippen LogP contribution in [-0.2, 0) is 0 Å². The van der Waals surface area contributed by atoms with Crippen LogP contribution in [0.1, 0.15) is 13.8 Å². The summed E-state index contributed by atoms with van der Waals surface area (Å²) < 4.78 is 0. The Hall–Kier alpha value is -0.400. The van der Waals surface area contributed by atoms with Crippen LogP contribution in [0.15, 0.2) is 18.2 Å². The first-order chi connectivity index (χ1) is 6.17. The van der Waals surface area contributed by atoms with Gasteiger partial charge in [-0.05, 0) is 32.0 Å². The second-order valence-electron chi connectivity index (χ2n) is 2.80. The van der Waals surface area contributed by atoms with E-state index >= 15 is 0 Å². The first-order valence-electron chi connectivity index (χ1n) is 4.38. The summed E-state index contributed by atoms with van der Waals surface area (Å²) in [6.45, 7) is 6.15. The molecule has 0 aliphatic heterocycles. The average molecular weight is 218 g/mol. The number of rotatable bonds is 3. The molecule has 0 radical (unpaired) electrons. The first kappa shape index (κ1) is 10.7. The zero-order valence-electron chi connectivity index (χ0n) is 7.85. The van der Waals surface area contributed by atoms with E-state index in [-0.39, 0.29) is 0 Å². The summed E-state index contributed by atoms with van der Waals surface area (Å²) in [7, 11) is 0. The molecule has 0 saturated heterocycles. The molecular formula is C10H13Cl2N. The van der Waals surface area contributed by atoms with Crippen molar-refractivity contribution >= 4 is 28.9 Å². The topological polar surface area (TPSA) is 3.24 Å². The van der Waals surface area contributed by atoms with Crippen LogP contribution in [0.3, 0.4) is 0 Å². The standard InChI is InChI=1S/C10H13Cl2N/c1-3-13(4-2)10-6-8(11)5-9(12)7-10/h5-7H,3-4H2,1-2H3. The second-order valence-corrected chi connectivity index (χ2v) is 3.67. The van der Waals surface area contributed by atoms with Crippen molar-refractivity contribution in [2.24, 2.45) is 0 Å².